The minimum absolute atomic E-state index is 0.176. The standard InChI is InChI=1S/C13H15O3.3C2H5.Sn/c1-2-16-13(15)10-12(14)9-8-11-6-4-3-5-7-11;3*1-2;/h3-9,12H,2,10H2,1H3;3*1H2,2H3;/q-1;;;;+1. The Balaban J connectivity index is 2.87. The van der Waals surface area contributed by atoms with Crippen LogP contribution in [0, 0.1) is 0 Å². The molecule has 1 rings (SSSR count). The third-order valence-electron chi connectivity index (χ3n) is 4.31. The number of hydrogen-bond acceptors (Lipinski definition) is 3. The van der Waals surface area contributed by atoms with Crippen LogP contribution in [0.25, 0.3) is 6.08 Å². The molecule has 0 aliphatic carbocycles. The summed E-state index contributed by atoms with van der Waals surface area (Å²) in [4.78, 5) is 11.9. The molecule has 23 heavy (non-hydrogen) atoms. The summed E-state index contributed by atoms with van der Waals surface area (Å²) in [6.45, 7) is 8.93. The SMILES string of the molecule is CCOC(=O)CC(C=Cc1ccccc1)[O][Sn]([CH2]C)([CH2]C)[CH2]C. The van der Waals surface area contributed by atoms with Gasteiger partial charge in [-0.3, -0.25) is 0 Å². The molecule has 4 heteroatoms. The van der Waals surface area contributed by atoms with E-state index in [1.807, 2.05) is 49.4 Å². The summed E-state index contributed by atoms with van der Waals surface area (Å²) in [6, 6.07) is 10.1. The van der Waals surface area contributed by atoms with E-state index in [1.165, 1.54) is 0 Å². The van der Waals surface area contributed by atoms with Crippen molar-refractivity contribution in [3.8, 4) is 0 Å². The van der Waals surface area contributed by atoms with Gasteiger partial charge >= 0.3 is 146 Å². The molecular weight excluding hydrogens is 395 g/mol. The zero-order valence-corrected chi connectivity index (χ0v) is 17.7. The van der Waals surface area contributed by atoms with E-state index in [4.69, 9.17) is 7.81 Å². The van der Waals surface area contributed by atoms with E-state index < -0.39 is 18.8 Å². The van der Waals surface area contributed by atoms with Crippen LogP contribution >= 0.6 is 0 Å². The fourth-order valence-electron chi connectivity index (χ4n) is 2.64. The first-order chi connectivity index (χ1) is 11.1. The molecule has 0 radical (unpaired) electrons. The van der Waals surface area contributed by atoms with Crippen molar-refractivity contribution < 1.29 is 12.6 Å². The first-order valence-corrected chi connectivity index (χ1v) is 15.9. The van der Waals surface area contributed by atoms with Gasteiger partial charge in [0.2, 0.25) is 0 Å². The van der Waals surface area contributed by atoms with Crippen molar-refractivity contribution in [3.05, 3.63) is 42.0 Å². The zero-order chi connectivity index (χ0) is 17.1. The van der Waals surface area contributed by atoms with Crippen molar-refractivity contribution in [1.29, 1.82) is 0 Å². The third-order valence-corrected chi connectivity index (χ3v) is 17.6. The van der Waals surface area contributed by atoms with Gasteiger partial charge in [-0.15, -0.1) is 0 Å². The van der Waals surface area contributed by atoms with Gasteiger partial charge in [0.1, 0.15) is 0 Å². The Morgan fingerprint density at radius 2 is 1.70 bits per heavy atom. The number of carbonyl (C=O) groups excluding carboxylic acids is 1. The molecule has 0 aliphatic heterocycles. The Morgan fingerprint density at radius 3 is 2.22 bits per heavy atom. The van der Waals surface area contributed by atoms with Crippen LogP contribution < -0.4 is 0 Å². The number of rotatable bonds is 10. The van der Waals surface area contributed by atoms with E-state index in [0.29, 0.717) is 13.0 Å². The summed E-state index contributed by atoms with van der Waals surface area (Å²) in [5.41, 5.74) is 1.12. The summed E-state index contributed by atoms with van der Waals surface area (Å²) in [5.74, 6) is -0.182. The molecule has 0 saturated carbocycles. The van der Waals surface area contributed by atoms with Crippen molar-refractivity contribution >= 4 is 30.8 Å². The Kier molecular flexibility index (Phi) is 9.56. The molecule has 0 fully saturated rings. The van der Waals surface area contributed by atoms with E-state index >= 15 is 0 Å². The summed E-state index contributed by atoms with van der Waals surface area (Å²) in [7, 11) is 0. The number of carbonyl (C=O) groups is 1. The fourth-order valence-corrected chi connectivity index (χ4v) is 10.6. The molecule has 1 aromatic carbocycles. The van der Waals surface area contributed by atoms with E-state index in [9.17, 15) is 4.79 Å². The molecule has 0 aromatic heterocycles. The normalized spacial score (nSPS) is 13.2. The molecule has 1 aromatic rings. The van der Waals surface area contributed by atoms with Gasteiger partial charge in [0.05, 0.1) is 0 Å². The number of ether oxygens (including phenoxy) is 1. The maximum atomic E-state index is 11.9. The van der Waals surface area contributed by atoms with E-state index in [2.05, 4.69) is 20.8 Å². The van der Waals surface area contributed by atoms with Crippen LogP contribution in [-0.2, 0) is 12.6 Å². The Morgan fingerprint density at radius 1 is 1.09 bits per heavy atom. The number of esters is 1. The van der Waals surface area contributed by atoms with Crippen LogP contribution in [0.15, 0.2) is 36.4 Å². The van der Waals surface area contributed by atoms with Crippen LogP contribution in [-0.4, -0.2) is 37.5 Å². The Hall–Kier alpha value is -0.811. The fraction of sp³-hybridized carbons (Fsp3) is 0.526. The first kappa shape index (κ1) is 20.2. The summed E-state index contributed by atoms with van der Waals surface area (Å²) >= 11 is -2.58. The van der Waals surface area contributed by atoms with Crippen LogP contribution in [0.3, 0.4) is 0 Å². The topological polar surface area (TPSA) is 35.5 Å². The second-order valence-corrected chi connectivity index (χ2v) is 19.2. The van der Waals surface area contributed by atoms with Crippen molar-refractivity contribution in [1.82, 2.24) is 0 Å². The molecule has 1 atom stereocenters. The predicted molar refractivity (Wildman–Crippen MR) is 98.8 cm³/mol. The van der Waals surface area contributed by atoms with Gasteiger partial charge in [-0.25, -0.2) is 0 Å². The van der Waals surface area contributed by atoms with Gasteiger partial charge < -0.3 is 0 Å². The summed E-state index contributed by atoms with van der Waals surface area (Å²) in [6.07, 6.45) is 4.20. The Labute approximate surface area is 145 Å². The maximum absolute atomic E-state index is 11.9. The van der Waals surface area contributed by atoms with E-state index in [-0.39, 0.29) is 12.1 Å². The second-order valence-electron chi connectivity index (χ2n) is 5.68. The molecule has 0 heterocycles. The molecular formula is C19H30O3Sn. The molecule has 0 bridgehead atoms. The molecule has 128 valence electrons. The Bertz CT molecular complexity index is 472. The predicted octanol–water partition coefficient (Wildman–Crippen LogP) is 5.04. The van der Waals surface area contributed by atoms with Crippen molar-refractivity contribution in [2.24, 2.45) is 0 Å². The van der Waals surface area contributed by atoms with Crippen LogP contribution in [0.2, 0.25) is 13.3 Å². The van der Waals surface area contributed by atoms with Crippen LogP contribution in [0.5, 0.6) is 0 Å². The molecule has 0 amide bonds. The van der Waals surface area contributed by atoms with Crippen molar-refractivity contribution in [3.63, 3.8) is 0 Å². The van der Waals surface area contributed by atoms with Crippen LogP contribution in [0.1, 0.15) is 39.7 Å². The molecule has 1 unspecified atom stereocenters. The average Bonchev–Trinajstić information content (AvgIpc) is 2.58. The van der Waals surface area contributed by atoms with Crippen molar-refractivity contribution in [2.75, 3.05) is 6.61 Å². The van der Waals surface area contributed by atoms with Gasteiger partial charge in [0.15, 0.2) is 0 Å². The first-order valence-electron chi connectivity index (χ1n) is 8.65. The quantitative estimate of drug-likeness (QED) is 0.389. The number of benzene rings is 1. The molecule has 0 saturated heterocycles. The van der Waals surface area contributed by atoms with Crippen LogP contribution in [0.4, 0.5) is 0 Å². The molecule has 3 nitrogen and oxygen atoms in total. The van der Waals surface area contributed by atoms with Gasteiger partial charge in [0.25, 0.3) is 0 Å². The zero-order valence-electron chi connectivity index (χ0n) is 14.9. The molecule has 0 N–H and O–H groups in total. The monoisotopic (exact) mass is 426 g/mol. The third kappa shape index (κ3) is 7.08. The van der Waals surface area contributed by atoms with Gasteiger partial charge in [-0.2, -0.15) is 0 Å². The molecule has 0 aliphatic rings. The minimum atomic E-state index is -2.58. The average molecular weight is 425 g/mol. The van der Waals surface area contributed by atoms with Gasteiger partial charge in [0, 0.05) is 0 Å². The van der Waals surface area contributed by atoms with Crippen molar-refractivity contribution in [2.45, 2.75) is 53.5 Å². The van der Waals surface area contributed by atoms with Gasteiger partial charge in [-0.1, -0.05) is 0 Å². The molecule has 0 spiro atoms. The second kappa shape index (κ2) is 10.9. The van der Waals surface area contributed by atoms with Gasteiger partial charge in [-0.05, 0) is 0 Å². The van der Waals surface area contributed by atoms with E-state index in [1.54, 1.807) is 0 Å². The van der Waals surface area contributed by atoms with E-state index in [0.717, 1.165) is 18.9 Å². The summed E-state index contributed by atoms with van der Waals surface area (Å²) < 4.78 is 15.1. The number of hydrogen-bond donors (Lipinski definition) is 0. The summed E-state index contributed by atoms with van der Waals surface area (Å²) in [5, 5.41) is 0.